The van der Waals surface area contributed by atoms with Gasteiger partial charge < -0.3 is 5.73 Å². The molecule has 11 heteroatoms. The molecule has 0 atom stereocenters. The summed E-state index contributed by atoms with van der Waals surface area (Å²) in [5, 5.41) is -0.364. The van der Waals surface area contributed by atoms with E-state index in [1.807, 2.05) is 0 Å². The van der Waals surface area contributed by atoms with E-state index in [4.69, 9.17) is 28.9 Å². The SMILES string of the molecule is Nc1cc(F)c(Br)cc1S(=O)(=O)Nc1c(Cl)ncnc1Cl. The Kier molecular flexibility index (Phi) is 4.57. The molecule has 0 amide bonds. The minimum atomic E-state index is -4.15. The zero-order valence-electron chi connectivity index (χ0n) is 9.94. The molecule has 112 valence electrons. The molecule has 0 aliphatic rings. The van der Waals surface area contributed by atoms with E-state index in [-0.39, 0.29) is 31.0 Å². The fourth-order valence-electron chi connectivity index (χ4n) is 1.39. The van der Waals surface area contributed by atoms with Gasteiger partial charge in [-0.15, -0.1) is 0 Å². The summed E-state index contributed by atoms with van der Waals surface area (Å²) in [5.41, 5.74) is 5.06. The Morgan fingerprint density at radius 1 is 1.24 bits per heavy atom. The van der Waals surface area contributed by atoms with E-state index in [9.17, 15) is 12.8 Å². The summed E-state index contributed by atoms with van der Waals surface area (Å²) < 4.78 is 39.9. The normalized spacial score (nSPS) is 11.4. The molecule has 6 nitrogen and oxygen atoms in total. The molecule has 1 aromatic carbocycles. The molecule has 0 saturated heterocycles. The smallest absolute Gasteiger partial charge is 0.264 e. The van der Waals surface area contributed by atoms with E-state index in [1.165, 1.54) is 0 Å². The van der Waals surface area contributed by atoms with Gasteiger partial charge in [0.25, 0.3) is 10.0 Å². The number of anilines is 2. The van der Waals surface area contributed by atoms with Crippen LogP contribution in [0.4, 0.5) is 15.8 Å². The van der Waals surface area contributed by atoms with Crippen molar-refractivity contribution < 1.29 is 12.8 Å². The van der Waals surface area contributed by atoms with E-state index < -0.39 is 15.8 Å². The summed E-state index contributed by atoms with van der Waals surface area (Å²) in [6.07, 6.45) is 1.07. The van der Waals surface area contributed by atoms with Gasteiger partial charge >= 0.3 is 0 Å². The molecule has 0 saturated carbocycles. The maximum Gasteiger partial charge on any atom is 0.264 e. The van der Waals surface area contributed by atoms with Crippen LogP contribution in [-0.2, 0) is 10.0 Å². The summed E-state index contributed by atoms with van der Waals surface area (Å²) in [6.45, 7) is 0. The predicted molar refractivity (Wildman–Crippen MR) is 81.4 cm³/mol. The van der Waals surface area contributed by atoms with Crippen molar-refractivity contribution in [2.24, 2.45) is 0 Å². The molecule has 0 spiro atoms. The van der Waals surface area contributed by atoms with Crippen molar-refractivity contribution in [2.75, 3.05) is 10.5 Å². The van der Waals surface area contributed by atoms with Crippen LogP contribution in [0.25, 0.3) is 0 Å². The van der Waals surface area contributed by atoms with Crippen LogP contribution in [0.5, 0.6) is 0 Å². The molecule has 0 aliphatic carbocycles. The standard InChI is InChI=1S/C10H6BrCl2FN4O2S/c11-4-1-7(6(15)2-5(4)14)21(19,20)18-8-9(12)16-3-17-10(8)13/h1-3,18H,15H2. The van der Waals surface area contributed by atoms with Gasteiger partial charge in [0.1, 0.15) is 22.7 Å². The molecule has 1 aromatic heterocycles. The third kappa shape index (κ3) is 3.37. The second-order valence-electron chi connectivity index (χ2n) is 3.74. The molecule has 2 aromatic rings. The number of aromatic nitrogens is 2. The lowest BCUT2D eigenvalue weighted by Gasteiger charge is -2.12. The number of rotatable bonds is 3. The Morgan fingerprint density at radius 3 is 2.38 bits per heavy atom. The molecule has 0 fully saturated rings. The molecule has 2 rings (SSSR count). The third-order valence-corrected chi connectivity index (χ3v) is 4.92. The van der Waals surface area contributed by atoms with Gasteiger partial charge in [-0.3, -0.25) is 4.72 Å². The predicted octanol–water partition coefficient (Wildman–Crippen LogP) is 3.07. The summed E-state index contributed by atoms with van der Waals surface area (Å²) in [4.78, 5) is 6.89. The molecule has 0 radical (unpaired) electrons. The molecule has 3 N–H and O–H groups in total. The average Bonchev–Trinajstić information content (AvgIpc) is 2.38. The van der Waals surface area contributed by atoms with E-state index in [0.29, 0.717) is 0 Å². The second kappa shape index (κ2) is 5.91. The molecule has 21 heavy (non-hydrogen) atoms. The highest BCUT2D eigenvalue weighted by molar-refractivity contribution is 9.10. The van der Waals surface area contributed by atoms with Crippen molar-refractivity contribution in [1.82, 2.24) is 9.97 Å². The largest absolute Gasteiger partial charge is 0.398 e. The zero-order valence-corrected chi connectivity index (χ0v) is 13.9. The lowest BCUT2D eigenvalue weighted by atomic mass is 10.3. The molecular formula is C10H6BrCl2FN4O2S. The molecule has 0 unspecified atom stereocenters. The molecular weight excluding hydrogens is 410 g/mol. The van der Waals surface area contributed by atoms with Crippen LogP contribution >= 0.6 is 39.1 Å². The van der Waals surface area contributed by atoms with Gasteiger partial charge in [-0.05, 0) is 28.1 Å². The van der Waals surface area contributed by atoms with Gasteiger partial charge in [0, 0.05) is 0 Å². The molecule has 1 heterocycles. The van der Waals surface area contributed by atoms with Gasteiger partial charge in [-0.25, -0.2) is 22.8 Å². The minimum absolute atomic E-state index is 0.0569. The van der Waals surface area contributed by atoms with E-state index in [1.54, 1.807) is 0 Å². The van der Waals surface area contributed by atoms with E-state index >= 15 is 0 Å². The highest BCUT2D eigenvalue weighted by Crippen LogP contribution is 2.31. The van der Waals surface area contributed by atoms with Crippen LogP contribution in [0.15, 0.2) is 27.8 Å². The van der Waals surface area contributed by atoms with Gasteiger partial charge in [-0.2, -0.15) is 0 Å². The van der Waals surface area contributed by atoms with Crippen molar-refractivity contribution in [3.05, 3.63) is 39.1 Å². The summed E-state index contributed by atoms with van der Waals surface area (Å²) >= 11 is 14.4. The van der Waals surface area contributed by atoms with Crippen LogP contribution in [0.1, 0.15) is 0 Å². The minimum Gasteiger partial charge on any atom is -0.398 e. The molecule has 0 aliphatic heterocycles. The first kappa shape index (κ1) is 16.2. The lowest BCUT2D eigenvalue weighted by Crippen LogP contribution is -2.16. The number of sulfonamides is 1. The van der Waals surface area contributed by atoms with E-state index in [2.05, 4.69) is 30.6 Å². The number of benzene rings is 1. The average molecular weight is 416 g/mol. The Morgan fingerprint density at radius 2 is 1.81 bits per heavy atom. The summed E-state index contributed by atoms with van der Waals surface area (Å²) in [5.74, 6) is -0.689. The first-order valence-corrected chi connectivity index (χ1v) is 8.19. The first-order chi connectivity index (χ1) is 9.72. The maximum absolute atomic E-state index is 13.3. The molecule has 0 bridgehead atoms. The van der Waals surface area contributed by atoms with Crippen LogP contribution in [0.3, 0.4) is 0 Å². The third-order valence-electron chi connectivity index (χ3n) is 2.33. The van der Waals surface area contributed by atoms with Crippen LogP contribution in [0.2, 0.25) is 10.3 Å². The summed E-state index contributed by atoms with van der Waals surface area (Å²) in [7, 11) is -4.15. The lowest BCUT2D eigenvalue weighted by molar-refractivity contribution is 0.599. The summed E-state index contributed by atoms with van der Waals surface area (Å²) in [6, 6.07) is 1.90. The van der Waals surface area contributed by atoms with Crippen LogP contribution in [0, 0.1) is 5.82 Å². The van der Waals surface area contributed by atoms with Crippen molar-refractivity contribution in [3.8, 4) is 0 Å². The van der Waals surface area contributed by atoms with E-state index in [0.717, 1.165) is 18.5 Å². The Labute approximate surface area is 137 Å². The maximum atomic E-state index is 13.3. The van der Waals surface area contributed by atoms with Crippen LogP contribution < -0.4 is 10.5 Å². The van der Waals surface area contributed by atoms with Crippen LogP contribution in [-0.4, -0.2) is 18.4 Å². The number of nitrogens with two attached hydrogens (primary N) is 1. The van der Waals surface area contributed by atoms with Crippen molar-refractivity contribution in [1.29, 1.82) is 0 Å². The highest BCUT2D eigenvalue weighted by Gasteiger charge is 2.23. The van der Waals surface area contributed by atoms with Gasteiger partial charge in [0.15, 0.2) is 10.3 Å². The van der Waals surface area contributed by atoms with Crippen molar-refractivity contribution in [2.45, 2.75) is 4.90 Å². The number of nitrogens with zero attached hydrogens (tertiary/aromatic N) is 2. The number of hydrogen-bond donors (Lipinski definition) is 2. The number of nitrogen functional groups attached to an aromatic ring is 1. The van der Waals surface area contributed by atoms with Gasteiger partial charge in [0.05, 0.1) is 10.2 Å². The Hall–Kier alpha value is -1.16. The topological polar surface area (TPSA) is 98.0 Å². The Bertz CT molecular complexity index is 799. The monoisotopic (exact) mass is 414 g/mol. The number of nitrogens with one attached hydrogen (secondary N) is 1. The Balaban J connectivity index is 2.51. The first-order valence-electron chi connectivity index (χ1n) is 5.15. The van der Waals surface area contributed by atoms with Crippen molar-refractivity contribution >= 4 is 60.5 Å². The second-order valence-corrected chi connectivity index (χ2v) is 6.96. The quantitative estimate of drug-likeness (QED) is 0.592. The zero-order chi connectivity index (χ0) is 15.8. The van der Waals surface area contributed by atoms with Gasteiger partial charge in [-0.1, -0.05) is 23.2 Å². The van der Waals surface area contributed by atoms with Crippen molar-refractivity contribution in [3.63, 3.8) is 0 Å². The highest BCUT2D eigenvalue weighted by atomic mass is 79.9. The van der Waals surface area contributed by atoms with Gasteiger partial charge in [0.2, 0.25) is 0 Å². The fourth-order valence-corrected chi connectivity index (χ4v) is 3.63. The number of halogens is 4. The fraction of sp³-hybridized carbons (Fsp3) is 0. The number of hydrogen-bond acceptors (Lipinski definition) is 5.